The molecule has 172 valence electrons. The zero-order valence-electron chi connectivity index (χ0n) is 19.3. The number of hydrogen-bond acceptors (Lipinski definition) is 5. The second-order valence-electron chi connectivity index (χ2n) is 8.72. The fourth-order valence-corrected chi connectivity index (χ4v) is 4.46. The number of carbonyl (C=O) groups is 1. The van der Waals surface area contributed by atoms with Gasteiger partial charge in [-0.1, -0.05) is 43.3 Å². The highest BCUT2D eigenvalue weighted by Crippen LogP contribution is 2.31. The van der Waals surface area contributed by atoms with Crippen molar-refractivity contribution in [3.05, 3.63) is 88.9 Å². The Morgan fingerprint density at radius 3 is 2.50 bits per heavy atom. The molecular formula is C27H26FN5O. The number of carbonyl (C=O) groups excluding carboxylic acids is 1. The molecule has 0 saturated heterocycles. The first-order valence-electron chi connectivity index (χ1n) is 11.3. The third-order valence-corrected chi connectivity index (χ3v) is 6.41. The second kappa shape index (κ2) is 8.83. The van der Waals surface area contributed by atoms with Crippen LogP contribution in [0.15, 0.2) is 60.7 Å². The van der Waals surface area contributed by atoms with Gasteiger partial charge in [0.15, 0.2) is 0 Å². The van der Waals surface area contributed by atoms with Crippen molar-refractivity contribution in [3.8, 4) is 11.1 Å². The molecule has 6 nitrogen and oxygen atoms in total. The van der Waals surface area contributed by atoms with Crippen molar-refractivity contribution in [1.29, 1.82) is 0 Å². The summed E-state index contributed by atoms with van der Waals surface area (Å²) in [6.45, 7) is 4.68. The standard InChI is InChI=1S/C27H26FN5O/c1-3-32(2)14-20-8-10-21(28)13-22(20)17-9-11-24-23(12-17)25(31-27(29)30-24)26(34)33-15-18-6-4-5-7-19(18)16-33/h4-13H,3,14-16H2,1-2H3,(H2,29,30,31). The summed E-state index contributed by atoms with van der Waals surface area (Å²) in [6, 6.07) is 18.4. The molecule has 1 aliphatic rings. The number of nitrogens with two attached hydrogens (primary N) is 1. The largest absolute Gasteiger partial charge is 0.368 e. The molecule has 4 aromatic rings. The maximum Gasteiger partial charge on any atom is 0.273 e. The molecule has 0 unspecified atom stereocenters. The van der Waals surface area contributed by atoms with E-state index < -0.39 is 0 Å². The third-order valence-electron chi connectivity index (χ3n) is 6.41. The summed E-state index contributed by atoms with van der Waals surface area (Å²) < 4.78 is 14.2. The molecule has 0 fully saturated rings. The Bertz CT molecular complexity index is 1380. The molecule has 0 saturated carbocycles. The maximum absolute atomic E-state index is 14.2. The Labute approximate surface area is 197 Å². The smallest absolute Gasteiger partial charge is 0.273 e. The second-order valence-corrected chi connectivity index (χ2v) is 8.72. The molecule has 2 heterocycles. The molecule has 2 N–H and O–H groups in total. The molecule has 3 aromatic carbocycles. The van der Waals surface area contributed by atoms with Gasteiger partial charge in [-0.05, 0) is 65.7 Å². The maximum atomic E-state index is 14.2. The summed E-state index contributed by atoms with van der Waals surface area (Å²) in [5.74, 6) is -0.452. The van der Waals surface area contributed by atoms with E-state index in [-0.39, 0.29) is 23.4 Å². The Hall–Kier alpha value is -3.84. The first-order valence-corrected chi connectivity index (χ1v) is 11.3. The number of nitrogens with zero attached hydrogens (tertiary/aromatic N) is 4. The number of hydrogen-bond donors (Lipinski definition) is 1. The molecule has 0 spiro atoms. The molecule has 0 atom stereocenters. The first-order chi connectivity index (χ1) is 16.4. The van der Waals surface area contributed by atoms with Gasteiger partial charge in [-0.25, -0.2) is 14.4 Å². The van der Waals surface area contributed by atoms with Crippen molar-refractivity contribution in [2.24, 2.45) is 0 Å². The van der Waals surface area contributed by atoms with Gasteiger partial charge in [-0.3, -0.25) is 4.79 Å². The van der Waals surface area contributed by atoms with E-state index >= 15 is 0 Å². The quantitative estimate of drug-likeness (QED) is 0.475. The lowest BCUT2D eigenvalue weighted by atomic mass is 9.97. The van der Waals surface area contributed by atoms with E-state index in [4.69, 9.17) is 5.73 Å². The van der Waals surface area contributed by atoms with E-state index in [1.165, 1.54) is 12.1 Å². The van der Waals surface area contributed by atoms with Gasteiger partial charge in [0.05, 0.1) is 5.52 Å². The zero-order valence-corrected chi connectivity index (χ0v) is 19.3. The molecule has 1 amide bonds. The van der Waals surface area contributed by atoms with Gasteiger partial charge < -0.3 is 15.5 Å². The van der Waals surface area contributed by atoms with E-state index in [1.807, 2.05) is 55.6 Å². The predicted octanol–water partition coefficient (Wildman–Crippen LogP) is 4.63. The van der Waals surface area contributed by atoms with Crippen LogP contribution in [0.5, 0.6) is 0 Å². The Morgan fingerprint density at radius 1 is 1.06 bits per heavy atom. The summed E-state index contributed by atoms with van der Waals surface area (Å²) >= 11 is 0. The lowest BCUT2D eigenvalue weighted by molar-refractivity contribution is 0.0747. The van der Waals surface area contributed by atoms with Gasteiger partial charge in [0, 0.05) is 25.0 Å². The Balaban J connectivity index is 1.58. The predicted molar refractivity (Wildman–Crippen MR) is 131 cm³/mol. The average Bonchev–Trinajstić information content (AvgIpc) is 3.28. The number of halogens is 1. The van der Waals surface area contributed by atoms with Crippen LogP contribution >= 0.6 is 0 Å². The molecule has 1 aliphatic heterocycles. The topological polar surface area (TPSA) is 75.4 Å². The van der Waals surface area contributed by atoms with Gasteiger partial charge in [0.25, 0.3) is 5.91 Å². The number of aromatic nitrogens is 2. The molecule has 0 radical (unpaired) electrons. The van der Waals surface area contributed by atoms with Crippen molar-refractivity contribution in [1.82, 2.24) is 19.8 Å². The Morgan fingerprint density at radius 2 is 1.79 bits per heavy atom. The number of nitrogen functional groups attached to an aromatic ring is 1. The highest BCUT2D eigenvalue weighted by atomic mass is 19.1. The summed E-state index contributed by atoms with van der Waals surface area (Å²) in [5.41, 5.74) is 11.7. The number of benzene rings is 3. The van der Waals surface area contributed by atoms with Gasteiger partial charge in [-0.15, -0.1) is 0 Å². The van der Waals surface area contributed by atoms with E-state index in [0.717, 1.165) is 34.4 Å². The van der Waals surface area contributed by atoms with E-state index in [2.05, 4.69) is 21.8 Å². The van der Waals surface area contributed by atoms with Gasteiger partial charge in [0.1, 0.15) is 11.5 Å². The summed E-state index contributed by atoms with van der Waals surface area (Å²) in [7, 11) is 2.02. The minimum atomic E-state index is -0.308. The molecule has 34 heavy (non-hydrogen) atoms. The van der Waals surface area contributed by atoms with E-state index in [1.54, 1.807) is 4.90 Å². The number of rotatable bonds is 5. The van der Waals surface area contributed by atoms with Crippen LogP contribution in [-0.2, 0) is 19.6 Å². The fraction of sp³-hybridized carbons (Fsp3) is 0.222. The first kappa shape index (κ1) is 22.0. The van der Waals surface area contributed by atoms with Gasteiger partial charge in [0.2, 0.25) is 5.95 Å². The molecule has 7 heteroatoms. The lowest BCUT2D eigenvalue weighted by Gasteiger charge is -2.18. The van der Waals surface area contributed by atoms with Crippen LogP contribution in [0, 0.1) is 5.82 Å². The van der Waals surface area contributed by atoms with Crippen LogP contribution in [0.2, 0.25) is 0 Å². The van der Waals surface area contributed by atoms with Crippen LogP contribution in [0.1, 0.15) is 34.1 Å². The SMILES string of the molecule is CCN(C)Cc1ccc(F)cc1-c1ccc2nc(N)nc(C(=O)N3Cc4ccccc4C3)c2c1. The van der Waals surface area contributed by atoms with Crippen molar-refractivity contribution >= 4 is 22.8 Å². The highest BCUT2D eigenvalue weighted by molar-refractivity contribution is 6.06. The van der Waals surface area contributed by atoms with Gasteiger partial charge >= 0.3 is 0 Å². The van der Waals surface area contributed by atoms with Crippen LogP contribution in [0.4, 0.5) is 10.3 Å². The summed E-state index contributed by atoms with van der Waals surface area (Å²) in [6.07, 6.45) is 0. The van der Waals surface area contributed by atoms with Gasteiger partial charge in [-0.2, -0.15) is 0 Å². The van der Waals surface area contributed by atoms with Crippen molar-refractivity contribution < 1.29 is 9.18 Å². The number of fused-ring (bicyclic) bond motifs is 2. The molecule has 0 bridgehead atoms. The summed E-state index contributed by atoms with van der Waals surface area (Å²) in [5, 5.41) is 0.603. The average molecular weight is 456 g/mol. The monoisotopic (exact) mass is 455 g/mol. The van der Waals surface area contributed by atoms with Crippen LogP contribution in [0.3, 0.4) is 0 Å². The molecule has 5 rings (SSSR count). The van der Waals surface area contributed by atoms with E-state index in [9.17, 15) is 9.18 Å². The lowest BCUT2D eigenvalue weighted by Crippen LogP contribution is -2.27. The highest BCUT2D eigenvalue weighted by Gasteiger charge is 2.27. The number of anilines is 1. The minimum absolute atomic E-state index is 0.0522. The minimum Gasteiger partial charge on any atom is -0.368 e. The fourth-order valence-electron chi connectivity index (χ4n) is 4.46. The Kier molecular flexibility index (Phi) is 5.71. The molecule has 1 aromatic heterocycles. The molecular weight excluding hydrogens is 429 g/mol. The third kappa shape index (κ3) is 4.10. The van der Waals surface area contributed by atoms with Crippen molar-refractivity contribution in [2.75, 3.05) is 19.3 Å². The van der Waals surface area contributed by atoms with Crippen molar-refractivity contribution in [3.63, 3.8) is 0 Å². The van der Waals surface area contributed by atoms with Crippen molar-refractivity contribution in [2.45, 2.75) is 26.6 Å². The van der Waals surface area contributed by atoms with E-state index in [0.29, 0.717) is 30.5 Å². The number of amides is 1. The van der Waals surface area contributed by atoms with Crippen LogP contribution in [0.25, 0.3) is 22.0 Å². The van der Waals surface area contributed by atoms with Crippen LogP contribution in [-0.4, -0.2) is 39.3 Å². The summed E-state index contributed by atoms with van der Waals surface area (Å²) in [4.78, 5) is 26.1. The van der Waals surface area contributed by atoms with Crippen LogP contribution < -0.4 is 5.73 Å². The normalized spacial score (nSPS) is 13.0. The zero-order chi connectivity index (χ0) is 23.8. The molecule has 0 aliphatic carbocycles.